The van der Waals surface area contributed by atoms with Crippen LogP contribution in [0.4, 0.5) is 13.2 Å². The predicted octanol–water partition coefficient (Wildman–Crippen LogP) is 1.38. The van der Waals surface area contributed by atoms with E-state index in [1.165, 1.54) is 12.4 Å². The van der Waals surface area contributed by atoms with Crippen molar-refractivity contribution in [1.82, 2.24) is 20.0 Å². The molecule has 0 bridgehead atoms. The molecule has 9 heteroatoms. The van der Waals surface area contributed by atoms with Crippen LogP contribution in [0.3, 0.4) is 0 Å². The fourth-order valence-corrected chi connectivity index (χ4v) is 1.27. The molecule has 0 atom stereocenters. The van der Waals surface area contributed by atoms with Crippen LogP contribution in [0, 0.1) is 0 Å². The van der Waals surface area contributed by atoms with Crippen LogP contribution in [0.15, 0.2) is 24.7 Å². The van der Waals surface area contributed by atoms with Gasteiger partial charge in [0.25, 0.3) is 0 Å². The smallest absolute Gasteiger partial charge is 0.433 e. The highest BCUT2D eigenvalue weighted by atomic mass is 19.4. The molecule has 0 spiro atoms. The lowest BCUT2D eigenvalue weighted by molar-refractivity contribution is -0.141. The van der Waals surface area contributed by atoms with E-state index in [0.717, 1.165) is 11.0 Å². The van der Waals surface area contributed by atoms with E-state index in [1.54, 1.807) is 0 Å². The van der Waals surface area contributed by atoms with E-state index in [2.05, 4.69) is 15.2 Å². The number of alkyl halides is 3. The van der Waals surface area contributed by atoms with E-state index < -0.39 is 23.4 Å². The summed E-state index contributed by atoms with van der Waals surface area (Å²) in [5, 5.41) is 16.2. The number of hydrogen-bond acceptors (Lipinski definition) is 4. The number of hydrogen-bond donors (Lipinski definition) is 1. The lowest BCUT2D eigenvalue weighted by Crippen LogP contribution is -2.14. The standard InChI is InChI=1S/C9H5F3N4O2/c10-9(11,12)7-3-5(8(17)18)6(4-13-7)16-14-1-2-15-16/h1-4H,(H,17,18). The van der Waals surface area contributed by atoms with Crippen molar-refractivity contribution in [3.63, 3.8) is 0 Å². The number of carboxylic acids is 1. The van der Waals surface area contributed by atoms with Crippen molar-refractivity contribution in [3.8, 4) is 5.69 Å². The molecule has 2 aromatic heterocycles. The Morgan fingerprint density at radius 1 is 1.28 bits per heavy atom. The van der Waals surface area contributed by atoms with Crippen molar-refractivity contribution in [2.24, 2.45) is 0 Å². The number of aromatic nitrogens is 4. The molecule has 0 saturated heterocycles. The van der Waals surface area contributed by atoms with Gasteiger partial charge in [0.15, 0.2) is 0 Å². The number of nitrogens with zero attached hydrogens (tertiary/aromatic N) is 4. The van der Waals surface area contributed by atoms with Crippen LogP contribution in [0.5, 0.6) is 0 Å². The molecule has 2 aromatic rings. The highest BCUT2D eigenvalue weighted by Crippen LogP contribution is 2.29. The zero-order valence-corrected chi connectivity index (χ0v) is 8.59. The Morgan fingerprint density at radius 3 is 2.39 bits per heavy atom. The third-order valence-corrected chi connectivity index (χ3v) is 2.04. The largest absolute Gasteiger partial charge is 0.478 e. The quantitative estimate of drug-likeness (QED) is 0.880. The molecule has 0 aliphatic carbocycles. The van der Waals surface area contributed by atoms with E-state index in [1.807, 2.05) is 0 Å². The maximum Gasteiger partial charge on any atom is 0.433 e. The van der Waals surface area contributed by atoms with E-state index in [4.69, 9.17) is 5.11 Å². The van der Waals surface area contributed by atoms with Crippen LogP contribution >= 0.6 is 0 Å². The van der Waals surface area contributed by atoms with Crippen molar-refractivity contribution >= 4 is 5.97 Å². The minimum atomic E-state index is -4.71. The minimum absolute atomic E-state index is 0.138. The second-order valence-corrected chi connectivity index (χ2v) is 3.21. The Labute approximate surface area is 97.7 Å². The number of carboxylic acid groups (broad SMARTS) is 1. The van der Waals surface area contributed by atoms with Crippen molar-refractivity contribution in [3.05, 3.63) is 35.9 Å². The van der Waals surface area contributed by atoms with Crippen LogP contribution in [-0.2, 0) is 6.18 Å². The molecule has 0 amide bonds. The molecule has 0 radical (unpaired) electrons. The summed E-state index contributed by atoms with van der Waals surface area (Å²) in [6.45, 7) is 0. The van der Waals surface area contributed by atoms with Gasteiger partial charge in [0.2, 0.25) is 0 Å². The summed E-state index contributed by atoms with van der Waals surface area (Å²) in [5.41, 5.74) is -2.00. The van der Waals surface area contributed by atoms with E-state index in [-0.39, 0.29) is 5.69 Å². The number of carbonyl (C=O) groups is 1. The van der Waals surface area contributed by atoms with Crippen LogP contribution in [0.25, 0.3) is 5.69 Å². The molecule has 0 aromatic carbocycles. The van der Waals surface area contributed by atoms with Gasteiger partial charge < -0.3 is 5.11 Å². The number of rotatable bonds is 2. The first-order valence-corrected chi connectivity index (χ1v) is 4.57. The monoisotopic (exact) mass is 258 g/mol. The van der Waals surface area contributed by atoms with E-state index in [9.17, 15) is 18.0 Å². The van der Waals surface area contributed by atoms with Crippen LogP contribution in [-0.4, -0.2) is 31.1 Å². The van der Waals surface area contributed by atoms with Gasteiger partial charge in [-0.3, -0.25) is 0 Å². The van der Waals surface area contributed by atoms with Gasteiger partial charge in [-0.2, -0.15) is 23.4 Å². The zero-order valence-electron chi connectivity index (χ0n) is 8.59. The molecular weight excluding hydrogens is 253 g/mol. The fraction of sp³-hybridized carbons (Fsp3) is 0.111. The summed E-state index contributed by atoms with van der Waals surface area (Å²) in [4.78, 5) is 15.0. The minimum Gasteiger partial charge on any atom is -0.478 e. The molecule has 2 heterocycles. The first-order valence-electron chi connectivity index (χ1n) is 4.57. The Hall–Kier alpha value is -2.45. The zero-order chi connectivity index (χ0) is 13.3. The van der Waals surface area contributed by atoms with E-state index >= 15 is 0 Å². The van der Waals surface area contributed by atoms with Gasteiger partial charge in [-0.25, -0.2) is 9.78 Å². The molecule has 2 rings (SSSR count). The SMILES string of the molecule is O=C(O)c1cc(C(F)(F)F)ncc1-n1nccn1. The molecule has 0 unspecified atom stereocenters. The summed E-state index contributed by atoms with van der Waals surface area (Å²) in [6.07, 6.45) is -1.40. The summed E-state index contributed by atoms with van der Waals surface area (Å²) < 4.78 is 37.2. The maximum atomic E-state index is 12.4. The molecule has 0 fully saturated rings. The Balaban J connectivity index is 2.59. The first-order chi connectivity index (χ1) is 8.39. The summed E-state index contributed by atoms with van der Waals surface area (Å²) in [7, 11) is 0. The normalized spacial score (nSPS) is 11.5. The van der Waals surface area contributed by atoms with Gasteiger partial charge in [-0.05, 0) is 6.07 Å². The molecule has 94 valence electrons. The Kier molecular flexibility index (Phi) is 2.73. The molecular formula is C9H5F3N4O2. The van der Waals surface area contributed by atoms with Gasteiger partial charge in [0.05, 0.1) is 24.2 Å². The highest BCUT2D eigenvalue weighted by molar-refractivity contribution is 5.91. The topological polar surface area (TPSA) is 80.9 Å². The molecule has 0 aliphatic heterocycles. The van der Waals surface area contributed by atoms with Gasteiger partial charge >= 0.3 is 12.1 Å². The second-order valence-electron chi connectivity index (χ2n) is 3.21. The average Bonchev–Trinajstić information content (AvgIpc) is 2.80. The Morgan fingerprint density at radius 2 is 1.89 bits per heavy atom. The lowest BCUT2D eigenvalue weighted by Gasteiger charge is -2.09. The first kappa shape index (κ1) is 12.0. The highest BCUT2D eigenvalue weighted by Gasteiger charge is 2.34. The van der Waals surface area contributed by atoms with Crippen molar-refractivity contribution in [1.29, 1.82) is 0 Å². The molecule has 0 aliphatic rings. The lowest BCUT2D eigenvalue weighted by atomic mass is 10.2. The summed E-state index contributed by atoms with van der Waals surface area (Å²) in [5.74, 6) is -1.52. The third kappa shape index (κ3) is 2.14. The van der Waals surface area contributed by atoms with Crippen molar-refractivity contribution in [2.45, 2.75) is 6.18 Å². The number of aromatic carboxylic acids is 1. The number of halogens is 3. The van der Waals surface area contributed by atoms with E-state index in [0.29, 0.717) is 6.07 Å². The van der Waals surface area contributed by atoms with Crippen LogP contribution in [0.2, 0.25) is 0 Å². The number of pyridine rings is 1. The average molecular weight is 258 g/mol. The molecule has 6 nitrogen and oxygen atoms in total. The Bertz CT molecular complexity index is 580. The van der Waals surface area contributed by atoms with Gasteiger partial charge in [0.1, 0.15) is 11.4 Å². The molecule has 0 saturated carbocycles. The molecule has 1 N–H and O–H groups in total. The fourth-order valence-electron chi connectivity index (χ4n) is 1.27. The summed E-state index contributed by atoms with van der Waals surface area (Å²) in [6, 6.07) is 0.445. The van der Waals surface area contributed by atoms with Crippen molar-refractivity contribution in [2.75, 3.05) is 0 Å². The third-order valence-electron chi connectivity index (χ3n) is 2.04. The van der Waals surface area contributed by atoms with Gasteiger partial charge in [-0.1, -0.05) is 0 Å². The van der Waals surface area contributed by atoms with Gasteiger partial charge in [-0.15, -0.1) is 4.80 Å². The van der Waals surface area contributed by atoms with Gasteiger partial charge in [0, 0.05) is 0 Å². The maximum absolute atomic E-state index is 12.4. The van der Waals surface area contributed by atoms with Crippen LogP contribution in [0.1, 0.15) is 16.1 Å². The summed E-state index contributed by atoms with van der Waals surface area (Å²) >= 11 is 0. The molecule has 18 heavy (non-hydrogen) atoms. The predicted molar refractivity (Wildman–Crippen MR) is 51.1 cm³/mol. The second kappa shape index (κ2) is 4.09. The van der Waals surface area contributed by atoms with Crippen molar-refractivity contribution < 1.29 is 23.1 Å². The van der Waals surface area contributed by atoms with Crippen LogP contribution < -0.4 is 0 Å².